The van der Waals surface area contributed by atoms with Gasteiger partial charge in [0.05, 0.1) is 32.1 Å². The van der Waals surface area contributed by atoms with Gasteiger partial charge in [0, 0.05) is 16.9 Å². The molecule has 0 bridgehead atoms. The first-order valence-electron chi connectivity index (χ1n) is 11.6. The van der Waals surface area contributed by atoms with E-state index in [0.717, 1.165) is 46.6 Å². The number of hydrogen-bond donors (Lipinski definition) is 3. The molecule has 35 heavy (non-hydrogen) atoms. The fraction of sp³-hybridized carbons (Fsp3) is 0.400. The minimum atomic E-state index is -0.467. The number of nitrogens with two attached hydrogens (primary N) is 1. The minimum absolute atomic E-state index is 0.0715. The lowest BCUT2D eigenvalue weighted by Gasteiger charge is -2.22. The quantitative estimate of drug-likeness (QED) is 0.402. The molecule has 4 N–H and O–H groups in total. The van der Waals surface area contributed by atoms with Gasteiger partial charge in [0.2, 0.25) is 5.91 Å². The van der Waals surface area contributed by atoms with Gasteiger partial charge in [-0.05, 0) is 61.8 Å². The maximum atomic E-state index is 12.5. The second-order valence-corrected chi connectivity index (χ2v) is 9.72. The lowest BCUT2D eigenvalue weighted by atomic mass is 9.89. The molecule has 0 fully saturated rings. The van der Waals surface area contributed by atoms with Crippen LogP contribution in [-0.2, 0) is 35.3 Å². The van der Waals surface area contributed by atoms with Gasteiger partial charge in [0.1, 0.15) is 16.5 Å². The first-order valence-corrected chi connectivity index (χ1v) is 12.4. The smallest absolute Gasteiger partial charge is 0.407 e. The van der Waals surface area contributed by atoms with E-state index in [1.165, 1.54) is 11.3 Å². The van der Waals surface area contributed by atoms with Crippen molar-refractivity contribution >= 4 is 34.0 Å². The SMILES string of the molecule is COc1cccc(CCC(=O)Nc2sc3c(c2N)CCC(COC(=O)NCc2cnoc2C)C3)c1. The molecule has 0 radical (unpaired) electrons. The number of methoxy groups -OCH3 is 1. The molecule has 0 spiro atoms. The number of anilines is 2. The summed E-state index contributed by atoms with van der Waals surface area (Å²) in [4.78, 5) is 25.8. The first-order chi connectivity index (χ1) is 16.9. The van der Waals surface area contributed by atoms with Crippen molar-refractivity contribution < 1.29 is 23.6 Å². The predicted octanol–water partition coefficient (Wildman–Crippen LogP) is 4.24. The topological polar surface area (TPSA) is 129 Å². The number of alkyl carbamates (subject to hydrolysis) is 1. The Labute approximate surface area is 208 Å². The van der Waals surface area contributed by atoms with Gasteiger partial charge in [-0.1, -0.05) is 17.3 Å². The van der Waals surface area contributed by atoms with Gasteiger partial charge in [0.25, 0.3) is 0 Å². The summed E-state index contributed by atoms with van der Waals surface area (Å²) >= 11 is 1.52. The average Bonchev–Trinajstić information content (AvgIpc) is 3.42. The van der Waals surface area contributed by atoms with Crippen LogP contribution in [0.25, 0.3) is 0 Å². The van der Waals surface area contributed by atoms with Crippen LogP contribution in [0.5, 0.6) is 5.75 Å². The number of carbonyl (C=O) groups is 2. The molecule has 1 aliphatic rings. The number of aromatic nitrogens is 1. The number of fused-ring (bicyclic) bond motifs is 1. The summed E-state index contributed by atoms with van der Waals surface area (Å²) in [5.41, 5.74) is 9.97. The first kappa shape index (κ1) is 24.6. The summed E-state index contributed by atoms with van der Waals surface area (Å²) in [5, 5.41) is 10.1. The Bertz CT molecular complexity index is 1190. The predicted molar refractivity (Wildman–Crippen MR) is 134 cm³/mol. The summed E-state index contributed by atoms with van der Waals surface area (Å²) in [5.74, 6) is 1.58. The van der Waals surface area contributed by atoms with Crippen molar-refractivity contribution in [3.05, 3.63) is 57.8 Å². The molecule has 1 aliphatic carbocycles. The molecular weight excluding hydrogens is 468 g/mol. The Morgan fingerprint density at radius 2 is 2.20 bits per heavy atom. The Balaban J connectivity index is 1.25. The van der Waals surface area contributed by atoms with Crippen LogP contribution in [0.15, 0.2) is 35.0 Å². The van der Waals surface area contributed by atoms with E-state index in [1.54, 1.807) is 20.2 Å². The fourth-order valence-corrected chi connectivity index (χ4v) is 5.39. The second-order valence-electron chi connectivity index (χ2n) is 8.61. The number of carbonyl (C=O) groups excluding carboxylic acids is 2. The third kappa shape index (κ3) is 6.33. The molecule has 0 saturated carbocycles. The zero-order valence-electron chi connectivity index (χ0n) is 19.9. The number of benzene rings is 1. The van der Waals surface area contributed by atoms with Crippen molar-refractivity contribution in [3.8, 4) is 5.75 Å². The van der Waals surface area contributed by atoms with E-state index in [4.69, 9.17) is 19.7 Å². The van der Waals surface area contributed by atoms with Crippen LogP contribution in [-0.4, -0.2) is 30.9 Å². The molecule has 2 aromatic heterocycles. The average molecular weight is 499 g/mol. The number of rotatable bonds is 9. The van der Waals surface area contributed by atoms with Crippen molar-refractivity contribution in [2.45, 2.75) is 45.6 Å². The highest BCUT2D eigenvalue weighted by Crippen LogP contribution is 2.41. The Hall–Kier alpha value is -3.53. The van der Waals surface area contributed by atoms with Crippen LogP contribution < -0.4 is 21.1 Å². The van der Waals surface area contributed by atoms with Crippen LogP contribution in [0.3, 0.4) is 0 Å². The van der Waals surface area contributed by atoms with E-state index in [9.17, 15) is 9.59 Å². The molecule has 1 unspecified atom stereocenters. The molecule has 186 valence electrons. The van der Waals surface area contributed by atoms with Crippen LogP contribution >= 0.6 is 11.3 Å². The number of hydrogen-bond acceptors (Lipinski definition) is 8. The summed E-state index contributed by atoms with van der Waals surface area (Å²) in [6, 6.07) is 7.71. The highest BCUT2D eigenvalue weighted by molar-refractivity contribution is 7.17. The molecule has 4 rings (SSSR count). The van der Waals surface area contributed by atoms with Crippen LogP contribution in [0.1, 0.15) is 40.2 Å². The number of thiophene rings is 1. The van der Waals surface area contributed by atoms with Gasteiger partial charge in [0.15, 0.2) is 0 Å². The van der Waals surface area contributed by atoms with E-state index in [1.807, 2.05) is 24.3 Å². The summed E-state index contributed by atoms with van der Waals surface area (Å²) in [7, 11) is 1.63. The molecule has 3 aromatic rings. The Kier molecular flexibility index (Phi) is 7.91. The molecule has 0 aliphatic heterocycles. The van der Waals surface area contributed by atoms with Gasteiger partial charge >= 0.3 is 6.09 Å². The molecule has 2 amide bonds. The van der Waals surface area contributed by atoms with Gasteiger partial charge in [-0.2, -0.15) is 0 Å². The lowest BCUT2D eigenvalue weighted by molar-refractivity contribution is -0.116. The van der Waals surface area contributed by atoms with E-state index in [2.05, 4.69) is 15.8 Å². The summed E-state index contributed by atoms with van der Waals surface area (Å²) < 4.78 is 15.6. The number of amides is 2. The summed E-state index contributed by atoms with van der Waals surface area (Å²) in [6.45, 7) is 2.43. The van der Waals surface area contributed by atoms with E-state index in [0.29, 0.717) is 42.4 Å². The Morgan fingerprint density at radius 3 is 2.97 bits per heavy atom. The normalized spacial score (nSPS) is 14.7. The molecule has 2 heterocycles. The molecule has 9 nitrogen and oxygen atoms in total. The third-order valence-electron chi connectivity index (χ3n) is 6.16. The van der Waals surface area contributed by atoms with Gasteiger partial charge in [-0.15, -0.1) is 11.3 Å². The fourth-order valence-electron chi connectivity index (χ4n) is 4.09. The maximum absolute atomic E-state index is 12.5. The zero-order valence-corrected chi connectivity index (χ0v) is 20.7. The van der Waals surface area contributed by atoms with Crippen molar-refractivity contribution in [3.63, 3.8) is 0 Å². The van der Waals surface area contributed by atoms with E-state index in [-0.39, 0.29) is 11.8 Å². The number of nitrogens with zero attached hydrogens (tertiary/aromatic N) is 1. The second kappa shape index (κ2) is 11.3. The van der Waals surface area contributed by atoms with E-state index >= 15 is 0 Å². The lowest BCUT2D eigenvalue weighted by Crippen LogP contribution is -2.27. The molecular formula is C25H30N4O5S. The van der Waals surface area contributed by atoms with E-state index < -0.39 is 6.09 Å². The minimum Gasteiger partial charge on any atom is -0.497 e. The van der Waals surface area contributed by atoms with Crippen LogP contribution in [0.2, 0.25) is 0 Å². The number of ether oxygens (including phenoxy) is 2. The van der Waals surface area contributed by atoms with Gasteiger partial charge in [-0.25, -0.2) is 4.79 Å². The van der Waals surface area contributed by atoms with Crippen LogP contribution in [0, 0.1) is 12.8 Å². The van der Waals surface area contributed by atoms with Crippen molar-refractivity contribution in [2.24, 2.45) is 5.92 Å². The maximum Gasteiger partial charge on any atom is 0.407 e. The number of nitrogens with one attached hydrogen (secondary N) is 2. The van der Waals surface area contributed by atoms with Gasteiger partial charge < -0.3 is 30.4 Å². The van der Waals surface area contributed by atoms with Crippen molar-refractivity contribution in [2.75, 3.05) is 24.8 Å². The van der Waals surface area contributed by atoms with Crippen LogP contribution in [0.4, 0.5) is 15.5 Å². The number of nitrogen functional groups attached to an aromatic ring is 1. The third-order valence-corrected chi connectivity index (χ3v) is 7.35. The number of aryl methyl sites for hydroxylation is 2. The molecule has 0 saturated heterocycles. The van der Waals surface area contributed by atoms with Crippen molar-refractivity contribution in [1.29, 1.82) is 0 Å². The largest absolute Gasteiger partial charge is 0.497 e. The zero-order chi connectivity index (χ0) is 24.8. The summed E-state index contributed by atoms with van der Waals surface area (Å²) in [6.07, 6.45) is 4.52. The Morgan fingerprint density at radius 1 is 1.34 bits per heavy atom. The van der Waals surface area contributed by atoms with Crippen molar-refractivity contribution in [1.82, 2.24) is 10.5 Å². The standard InChI is InChI=1S/C25H30N4O5S/c1-15-18(13-28-34-15)12-27-25(31)33-14-17-6-8-20-21(11-17)35-24(23(20)26)29-22(30)9-7-16-4-3-5-19(10-16)32-2/h3-5,10,13,17H,6-9,11-12,14,26H2,1-2H3,(H,27,31)(H,29,30). The molecule has 10 heteroatoms. The highest BCUT2D eigenvalue weighted by atomic mass is 32.1. The molecule has 1 aromatic carbocycles. The van der Waals surface area contributed by atoms with Gasteiger partial charge in [-0.3, -0.25) is 4.79 Å². The molecule has 1 atom stereocenters. The monoisotopic (exact) mass is 498 g/mol. The highest BCUT2D eigenvalue weighted by Gasteiger charge is 2.26.